The molecule has 11 heteroatoms. The molecule has 1 aliphatic heterocycles. The average Bonchev–Trinajstić information content (AvgIpc) is 2.58. The lowest BCUT2D eigenvalue weighted by atomic mass is 10.1. The Morgan fingerprint density at radius 2 is 1.93 bits per heavy atom. The Kier molecular flexibility index (Phi) is 6.11. The predicted molar refractivity (Wildman–Crippen MR) is 99.2 cm³/mol. The van der Waals surface area contributed by atoms with Crippen LogP contribution >= 0.6 is 12.4 Å². The van der Waals surface area contributed by atoms with E-state index in [4.69, 9.17) is 5.11 Å². The Balaban J connectivity index is 0.00000261. The van der Waals surface area contributed by atoms with Crippen LogP contribution in [0.25, 0.3) is 10.9 Å². The number of fused-ring (bicyclic) bond motifs is 1. The fourth-order valence-electron chi connectivity index (χ4n) is 3.02. The summed E-state index contributed by atoms with van der Waals surface area (Å²) in [7, 11) is 3.14. The van der Waals surface area contributed by atoms with E-state index in [1.807, 2.05) is 0 Å². The Morgan fingerprint density at radius 3 is 2.48 bits per heavy atom. The molecule has 0 amide bonds. The number of rotatable bonds is 3. The van der Waals surface area contributed by atoms with Crippen molar-refractivity contribution in [2.45, 2.75) is 0 Å². The van der Waals surface area contributed by atoms with Gasteiger partial charge in [0.15, 0.2) is 5.82 Å². The molecule has 1 fully saturated rings. The van der Waals surface area contributed by atoms with Crippen LogP contribution in [0.1, 0.15) is 0 Å². The lowest BCUT2D eigenvalue weighted by molar-refractivity contribution is 0.143. The van der Waals surface area contributed by atoms with Gasteiger partial charge in [-0.15, -0.1) is 12.4 Å². The largest absolute Gasteiger partial charge is 0.511 e. The minimum Gasteiger partial charge on any atom is -0.449 e. The van der Waals surface area contributed by atoms with Gasteiger partial charge in [0, 0.05) is 40.3 Å². The van der Waals surface area contributed by atoms with E-state index in [1.165, 1.54) is 9.69 Å². The van der Waals surface area contributed by atoms with Gasteiger partial charge in [-0.2, -0.15) is 0 Å². The Hall–Kier alpha value is -2.59. The zero-order valence-electron chi connectivity index (χ0n) is 14.7. The van der Waals surface area contributed by atoms with E-state index in [2.05, 4.69) is 10.1 Å². The molecule has 0 atom stereocenters. The number of aromatic nitrogens is 1. The van der Waals surface area contributed by atoms with Crippen LogP contribution in [0.15, 0.2) is 17.1 Å². The third kappa shape index (κ3) is 3.76. The quantitative estimate of drug-likeness (QED) is 0.747. The third-order valence-electron chi connectivity index (χ3n) is 4.17. The molecule has 27 heavy (non-hydrogen) atoms. The van der Waals surface area contributed by atoms with E-state index in [-0.39, 0.29) is 29.0 Å². The minimum atomic E-state index is -1.69. The number of anilines is 1. The van der Waals surface area contributed by atoms with Crippen molar-refractivity contribution in [2.24, 2.45) is 0 Å². The molecule has 1 aliphatic rings. The lowest BCUT2D eigenvalue weighted by Crippen LogP contribution is -2.44. The molecular formula is C16H19ClF2N4O4. The molecule has 0 radical (unpaired) electrons. The molecule has 3 rings (SSSR count). The lowest BCUT2D eigenvalue weighted by Gasteiger charge is -2.31. The monoisotopic (exact) mass is 404 g/mol. The van der Waals surface area contributed by atoms with Crippen LogP contribution < -0.4 is 25.4 Å². The highest BCUT2D eigenvalue weighted by molar-refractivity contribution is 5.86. The SMILES string of the molecule is CN(C)n1cc(OC(=O)O)c(=O)c2cc(F)c(N3CCNCC3)c(F)c21.Cl. The molecule has 1 aromatic heterocycles. The van der Waals surface area contributed by atoms with Crippen LogP contribution in [-0.4, -0.2) is 56.2 Å². The number of carbonyl (C=O) groups is 1. The van der Waals surface area contributed by atoms with Crippen LogP contribution in [0.2, 0.25) is 0 Å². The van der Waals surface area contributed by atoms with Gasteiger partial charge in [0.1, 0.15) is 17.0 Å². The van der Waals surface area contributed by atoms with E-state index >= 15 is 4.39 Å². The van der Waals surface area contributed by atoms with E-state index in [0.29, 0.717) is 26.2 Å². The van der Waals surface area contributed by atoms with Crippen molar-refractivity contribution in [1.82, 2.24) is 9.99 Å². The maximum atomic E-state index is 15.3. The number of carboxylic acid groups (broad SMARTS) is 1. The Morgan fingerprint density at radius 1 is 1.30 bits per heavy atom. The predicted octanol–water partition coefficient (Wildman–Crippen LogP) is 1.37. The highest BCUT2D eigenvalue weighted by atomic mass is 35.5. The molecule has 1 aromatic carbocycles. The van der Waals surface area contributed by atoms with E-state index in [9.17, 15) is 14.0 Å². The first kappa shape index (κ1) is 20.7. The van der Waals surface area contributed by atoms with Crippen molar-refractivity contribution >= 4 is 35.2 Å². The zero-order valence-corrected chi connectivity index (χ0v) is 15.5. The number of nitrogens with one attached hydrogen (secondary N) is 1. The Bertz CT molecular complexity index is 929. The molecule has 2 aromatic rings. The van der Waals surface area contributed by atoms with Crippen molar-refractivity contribution in [3.05, 3.63) is 34.1 Å². The number of hydrogen-bond donors (Lipinski definition) is 2. The first-order chi connectivity index (χ1) is 12.3. The first-order valence-corrected chi connectivity index (χ1v) is 7.92. The number of piperazine rings is 1. The summed E-state index contributed by atoms with van der Waals surface area (Å²) in [5.74, 6) is -2.30. The molecular weight excluding hydrogens is 386 g/mol. The van der Waals surface area contributed by atoms with Gasteiger partial charge in [-0.1, -0.05) is 0 Å². The number of hydrogen-bond acceptors (Lipinski definition) is 6. The summed E-state index contributed by atoms with van der Waals surface area (Å²) >= 11 is 0. The van der Waals surface area contributed by atoms with Gasteiger partial charge in [0.05, 0.1) is 11.6 Å². The molecule has 2 heterocycles. The molecule has 0 saturated carbocycles. The molecule has 0 aliphatic carbocycles. The summed E-state index contributed by atoms with van der Waals surface area (Å²) in [6, 6.07) is 0.923. The maximum absolute atomic E-state index is 15.3. The second-order valence-corrected chi connectivity index (χ2v) is 6.04. The fourth-order valence-corrected chi connectivity index (χ4v) is 3.02. The topological polar surface area (TPSA) is 87.0 Å². The van der Waals surface area contributed by atoms with Crippen LogP contribution in [0.4, 0.5) is 19.3 Å². The number of nitrogens with zero attached hydrogens (tertiary/aromatic N) is 3. The van der Waals surface area contributed by atoms with Crippen molar-refractivity contribution < 1.29 is 23.4 Å². The minimum absolute atomic E-state index is 0. The summed E-state index contributed by atoms with van der Waals surface area (Å²) in [6.45, 7) is 2.02. The molecule has 8 nitrogen and oxygen atoms in total. The van der Waals surface area contributed by atoms with Crippen LogP contribution in [0.5, 0.6) is 5.75 Å². The van der Waals surface area contributed by atoms with Crippen molar-refractivity contribution in [1.29, 1.82) is 0 Å². The van der Waals surface area contributed by atoms with Gasteiger partial charge >= 0.3 is 6.16 Å². The summed E-state index contributed by atoms with van der Waals surface area (Å²) in [6.07, 6.45) is -0.619. The second-order valence-electron chi connectivity index (χ2n) is 6.04. The van der Waals surface area contributed by atoms with Gasteiger partial charge in [0.25, 0.3) is 0 Å². The van der Waals surface area contributed by atoms with Gasteiger partial charge < -0.3 is 25.1 Å². The molecule has 148 valence electrons. The number of halogens is 3. The first-order valence-electron chi connectivity index (χ1n) is 7.92. The second kappa shape index (κ2) is 7.97. The van der Waals surface area contributed by atoms with Crippen LogP contribution in [0.3, 0.4) is 0 Å². The smallest absolute Gasteiger partial charge is 0.449 e. The van der Waals surface area contributed by atoms with Gasteiger partial charge in [-0.05, 0) is 6.07 Å². The molecule has 0 unspecified atom stereocenters. The summed E-state index contributed by atoms with van der Waals surface area (Å²) in [4.78, 5) is 24.8. The molecule has 2 N–H and O–H groups in total. The highest BCUT2D eigenvalue weighted by Crippen LogP contribution is 2.31. The van der Waals surface area contributed by atoms with Gasteiger partial charge in [0.2, 0.25) is 11.2 Å². The summed E-state index contributed by atoms with van der Waals surface area (Å²) in [5, 5.41) is 13.0. The van der Waals surface area contributed by atoms with Gasteiger partial charge in [-0.3, -0.25) is 9.47 Å². The maximum Gasteiger partial charge on any atom is 0.511 e. The third-order valence-corrected chi connectivity index (χ3v) is 4.17. The summed E-state index contributed by atoms with van der Waals surface area (Å²) in [5.41, 5.74) is -1.25. The van der Waals surface area contributed by atoms with Crippen molar-refractivity contribution in [3.63, 3.8) is 0 Å². The van der Waals surface area contributed by atoms with E-state index in [0.717, 1.165) is 12.3 Å². The number of pyridine rings is 1. The Labute approximate surface area is 159 Å². The molecule has 0 bridgehead atoms. The van der Waals surface area contributed by atoms with E-state index in [1.54, 1.807) is 19.0 Å². The standard InChI is InChI=1S/C16H18F2N4O4.ClH/c1-20(2)22-8-11(26-16(24)25)15(23)9-7-10(17)14(12(18)13(9)22)21-5-3-19-4-6-21;/h7-8,19H,3-6H2,1-2H3,(H,24,25);1H. The number of ether oxygens (including phenoxy) is 1. The molecule has 1 saturated heterocycles. The van der Waals surface area contributed by atoms with Crippen LogP contribution in [-0.2, 0) is 0 Å². The van der Waals surface area contributed by atoms with E-state index < -0.39 is 29.0 Å². The average molecular weight is 405 g/mol. The normalized spacial score (nSPS) is 14.0. The number of benzene rings is 1. The fraction of sp³-hybridized carbons (Fsp3) is 0.375. The molecule has 0 spiro atoms. The van der Waals surface area contributed by atoms with Gasteiger partial charge in [-0.25, -0.2) is 13.6 Å². The summed E-state index contributed by atoms with van der Waals surface area (Å²) < 4.78 is 35.6. The highest BCUT2D eigenvalue weighted by Gasteiger charge is 2.26. The van der Waals surface area contributed by atoms with Crippen molar-refractivity contribution in [2.75, 3.05) is 50.2 Å². The van der Waals surface area contributed by atoms with Crippen LogP contribution in [0, 0.1) is 11.6 Å². The zero-order chi connectivity index (χ0) is 19.0. The van der Waals surface area contributed by atoms with Crippen molar-refractivity contribution in [3.8, 4) is 5.75 Å².